The van der Waals surface area contributed by atoms with E-state index in [2.05, 4.69) is 25.3 Å². The van der Waals surface area contributed by atoms with Crippen LogP contribution in [0.15, 0.2) is 59.5 Å². The van der Waals surface area contributed by atoms with Crippen LogP contribution >= 0.6 is 0 Å². The molecule has 0 saturated carbocycles. The number of nitrogens with zero attached hydrogens (tertiary/aromatic N) is 5. The van der Waals surface area contributed by atoms with Crippen LogP contribution in [0.3, 0.4) is 0 Å². The molecule has 1 atom stereocenters. The molecule has 146 valence electrons. The molecule has 0 bridgehead atoms. The van der Waals surface area contributed by atoms with Gasteiger partial charge in [-0.3, -0.25) is 14.3 Å². The maximum absolute atomic E-state index is 12.9. The molecule has 3 aromatic heterocycles. The van der Waals surface area contributed by atoms with Gasteiger partial charge in [0.15, 0.2) is 0 Å². The van der Waals surface area contributed by atoms with Crippen LogP contribution in [0.1, 0.15) is 36.0 Å². The largest absolute Gasteiger partial charge is 0.362 e. The summed E-state index contributed by atoms with van der Waals surface area (Å²) in [6, 6.07) is 15.1. The maximum Gasteiger partial charge on any atom is 0.261 e. The first kappa shape index (κ1) is 18.7. The van der Waals surface area contributed by atoms with Crippen molar-refractivity contribution in [3.63, 3.8) is 0 Å². The number of pyridine rings is 1. The number of fused-ring (bicyclic) bond motifs is 1. The van der Waals surface area contributed by atoms with E-state index in [4.69, 9.17) is 0 Å². The van der Waals surface area contributed by atoms with Gasteiger partial charge in [0.2, 0.25) is 0 Å². The molecule has 7 nitrogen and oxygen atoms in total. The highest BCUT2D eigenvalue weighted by Crippen LogP contribution is 2.17. The first-order valence-electron chi connectivity index (χ1n) is 9.49. The van der Waals surface area contributed by atoms with Crippen LogP contribution in [-0.4, -0.2) is 24.5 Å². The third kappa shape index (κ3) is 3.99. The van der Waals surface area contributed by atoms with Crippen molar-refractivity contribution < 1.29 is 0 Å². The van der Waals surface area contributed by atoms with Crippen molar-refractivity contribution >= 4 is 16.7 Å². The molecular formula is C22H22N6O. The summed E-state index contributed by atoms with van der Waals surface area (Å²) in [5.41, 5.74) is 2.31. The van der Waals surface area contributed by atoms with Crippen molar-refractivity contribution in [3.05, 3.63) is 88.1 Å². The molecule has 29 heavy (non-hydrogen) atoms. The Hall–Kier alpha value is -3.61. The number of hydrogen-bond donors (Lipinski definition) is 1. The second kappa shape index (κ2) is 7.79. The quantitative estimate of drug-likeness (QED) is 0.566. The van der Waals surface area contributed by atoms with E-state index in [1.807, 2.05) is 63.2 Å². The van der Waals surface area contributed by atoms with Gasteiger partial charge in [-0.25, -0.2) is 15.0 Å². The number of rotatable bonds is 5. The molecule has 1 aromatic carbocycles. The first-order chi connectivity index (χ1) is 14.0. The van der Waals surface area contributed by atoms with Gasteiger partial charge in [0.25, 0.3) is 5.56 Å². The van der Waals surface area contributed by atoms with E-state index in [1.54, 1.807) is 16.8 Å². The van der Waals surface area contributed by atoms with Crippen molar-refractivity contribution in [2.75, 3.05) is 5.32 Å². The summed E-state index contributed by atoms with van der Waals surface area (Å²) < 4.78 is 1.65. The Morgan fingerprint density at radius 1 is 1.03 bits per heavy atom. The van der Waals surface area contributed by atoms with Gasteiger partial charge < -0.3 is 5.32 Å². The van der Waals surface area contributed by atoms with E-state index in [9.17, 15) is 4.79 Å². The van der Waals surface area contributed by atoms with Gasteiger partial charge in [-0.2, -0.15) is 0 Å². The predicted octanol–water partition coefficient (Wildman–Crippen LogP) is 3.42. The Balaban J connectivity index is 1.65. The smallest absolute Gasteiger partial charge is 0.261 e. The summed E-state index contributed by atoms with van der Waals surface area (Å²) in [6.07, 6.45) is 1.77. The van der Waals surface area contributed by atoms with Crippen molar-refractivity contribution in [2.24, 2.45) is 0 Å². The van der Waals surface area contributed by atoms with Crippen LogP contribution < -0.4 is 10.9 Å². The monoisotopic (exact) mass is 386 g/mol. The molecule has 3 heterocycles. The number of anilines is 1. The molecule has 0 amide bonds. The molecule has 0 spiro atoms. The third-order valence-electron chi connectivity index (χ3n) is 4.76. The topological polar surface area (TPSA) is 85.6 Å². The fourth-order valence-electron chi connectivity index (χ4n) is 3.34. The molecule has 4 rings (SSSR count). The maximum atomic E-state index is 12.9. The van der Waals surface area contributed by atoms with Gasteiger partial charge in [-0.1, -0.05) is 18.2 Å². The Labute approximate surface area is 168 Å². The minimum absolute atomic E-state index is 0.00913. The molecule has 7 heteroatoms. The first-order valence-corrected chi connectivity index (χ1v) is 9.49. The molecule has 4 aromatic rings. The summed E-state index contributed by atoms with van der Waals surface area (Å²) in [4.78, 5) is 30.9. The number of nitrogens with one attached hydrogen (secondary N) is 1. The van der Waals surface area contributed by atoms with E-state index < -0.39 is 0 Å². The van der Waals surface area contributed by atoms with Crippen LogP contribution in [0.5, 0.6) is 0 Å². The molecule has 0 aliphatic carbocycles. The van der Waals surface area contributed by atoms with Crippen LogP contribution in [0.2, 0.25) is 0 Å². The highest BCUT2D eigenvalue weighted by atomic mass is 16.1. The van der Waals surface area contributed by atoms with Crippen LogP contribution in [0, 0.1) is 13.8 Å². The Morgan fingerprint density at radius 3 is 2.62 bits per heavy atom. The van der Waals surface area contributed by atoms with Gasteiger partial charge in [0, 0.05) is 12.3 Å². The molecule has 0 aliphatic heterocycles. The molecule has 0 saturated heterocycles. The lowest BCUT2D eigenvalue weighted by atomic mass is 10.2. The Bertz CT molecular complexity index is 1220. The van der Waals surface area contributed by atoms with Crippen molar-refractivity contribution in [3.8, 4) is 0 Å². The lowest BCUT2D eigenvalue weighted by Crippen LogP contribution is -2.25. The average Bonchev–Trinajstić information content (AvgIpc) is 2.71. The summed E-state index contributed by atoms with van der Waals surface area (Å²) in [5.74, 6) is 1.99. The highest BCUT2D eigenvalue weighted by Gasteiger charge is 2.12. The summed E-state index contributed by atoms with van der Waals surface area (Å²) in [7, 11) is 0. The van der Waals surface area contributed by atoms with Gasteiger partial charge in [0.05, 0.1) is 34.9 Å². The number of aromatic nitrogens is 5. The molecule has 1 N–H and O–H groups in total. The van der Waals surface area contributed by atoms with Crippen LogP contribution in [0.25, 0.3) is 10.9 Å². The lowest BCUT2D eigenvalue weighted by Gasteiger charge is -2.16. The zero-order valence-corrected chi connectivity index (χ0v) is 16.6. The second-order valence-corrected chi connectivity index (χ2v) is 6.98. The summed E-state index contributed by atoms with van der Waals surface area (Å²) in [5, 5.41) is 3.97. The minimum Gasteiger partial charge on any atom is -0.362 e. The molecule has 0 aliphatic rings. The Morgan fingerprint density at radius 2 is 1.83 bits per heavy atom. The van der Waals surface area contributed by atoms with E-state index in [0.717, 1.165) is 11.4 Å². The van der Waals surface area contributed by atoms with E-state index >= 15 is 0 Å². The van der Waals surface area contributed by atoms with Gasteiger partial charge in [0.1, 0.15) is 17.5 Å². The third-order valence-corrected chi connectivity index (χ3v) is 4.76. The normalized spacial score (nSPS) is 12.1. The zero-order chi connectivity index (χ0) is 20.4. The lowest BCUT2D eigenvalue weighted by molar-refractivity contribution is 0.691. The van der Waals surface area contributed by atoms with Crippen LogP contribution in [-0.2, 0) is 6.54 Å². The Kier molecular flexibility index (Phi) is 5.03. The highest BCUT2D eigenvalue weighted by molar-refractivity contribution is 5.77. The fourth-order valence-corrected chi connectivity index (χ4v) is 3.34. The molecule has 0 fully saturated rings. The summed E-state index contributed by atoms with van der Waals surface area (Å²) >= 11 is 0. The van der Waals surface area contributed by atoms with E-state index in [0.29, 0.717) is 34.9 Å². The number of hydrogen-bond acceptors (Lipinski definition) is 6. The van der Waals surface area contributed by atoms with Crippen molar-refractivity contribution in [1.82, 2.24) is 24.5 Å². The average molecular weight is 386 g/mol. The zero-order valence-electron chi connectivity index (χ0n) is 16.6. The number of benzene rings is 1. The molecule has 0 radical (unpaired) electrons. The SMILES string of the molecule is Cc1nc(Cn2c(C)nc3ccccc3c2=O)cc(NC(C)c2ccccn2)n1. The van der Waals surface area contributed by atoms with E-state index in [1.165, 1.54) is 0 Å². The number of para-hydroxylation sites is 1. The fraction of sp³-hybridized carbons (Fsp3) is 0.227. The van der Waals surface area contributed by atoms with Crippen molar-refractivity contribution in [2.45, 2.75) is 33.4 Å². The summed E-state index contributed by atoms with van der Waals surface area (Å²) in [6.45, 7) is 6.04. The van der Waals surface area contributed by atoms with Gasteiger partial charge >= 0.3 is 0 Å². The molecular weight excluding hydrogens is 364 g/mol. The standard InChI is InChI=1S/C22H22N6O/c1-14(19-9-6-7-11-23-19)24-21-12-17(25-15(2)26-21)13-28-16(3)27-20-10-5-4-8-18(20)22(28)29/h4-12,14H,13H2,1-3H3,(H,24,25,26). The van der Waals surface area contributed by atoms with Gasteiger partial charge in [-0.15, -0.1) is 0 Å². The number of aryl methyl sites for hydroxylation is 2. The van der Waals surface area contributed by atoms with Gasteiger partial charge in [-0.05, 0) is 45.0 Å². The molecule has 1 unspecified atom stereocenters. The second-order valence-electron chi connectivity index (χ2n) is 6.98. The van der Waals surface area contributed by atoms with Crippen molar-refractivity contribution in [1.29, 1.82) is 0 Å². The van der Waals surface area contributed by atoms with E-state index in [-0.39, 0.29) is 11.6 Å². The predicted molar refractivity (Wildman–Crippen MR) is 113 cm³/mol. The minimum atomic E-state index is -0.0688. The van der Waals surface area contributed by atoms with Crippen LogP contribution in [0.4, 0.5) is 5.82 Å².